The van der Waals surface area contributed by atoms with E-state index in [0.717, 1.165) is 6.26 Å². The number of rotatable bonds is 7. The second-order valence-electron chi connectivity index (χ2n) is 5.88. The smallest absolute Gasteiger partial charge is 0.226 e. The molecular formula is C18H19FN2O4S. The van der Waals surface area contributed by atoms with Crippen LogP contribution in [0.25, 0.3) is 0 Å². The van der Waals surface area contributed by atoms with Gasteiger partial charge in [0.15, 0.2) is 5.78 Å². The average Bonchev–Trinajstić information content (AvgIpc) is 2.53. The Labute approximate surface area is 151 Å². The van der Waals surface area contributed by atoms with Gasteiger partial charge in [0.2, 0.25) is 15.9 Å². The summed E-state index contributed by atoms with van der Waals surface area (Å²) in [5, 5.41) is 2.63. The predicted molar refractivity (Wildman–Crippen MR) is 96.8 cm³/mol. The Morgan fingerprint density at radius 3 is 2.35 bits per heavy atom. The van der Waals surface area contributed by atoms with Gasteiger partial charge in [-0.1, -0.05) is 24.3 Å². The van der Waals surface area contributed by atoms with E-state index in [1.54, 1.807) is 18.2 Å². The molecule has 0 bridgehead atoms. The van der Waals surface area contributed by atoms with Crippen LogP contribution in [0.4, 0.5) is 10.1 Å². The molecule has 2 rings (SSSR count). The Morgan fingerprint density at radius 2 is 1.77 bits per heavy atom. The average molecular weight is 378 g/mol. The van der Waals surface area contributed by atoms with Crippen molar-refractivity contribution in [3.63, 3.8) is 0 Å². The molecule has 0 aliphatic heterocycles. The summed E-state index contributed by atoms with van der Waals surface area (Å²) in [4.78, 5) is 23.7. The minimum absolute atomic E-state index is 0.135. The summed E-state index contributed by atoms with van der Waals surface area (Å²) < 4.78 is 38.6. The molecule has 1 atom stereocenters. The van der Waals surface area contributed by atoms with Gasteiger partial charge in [0.05, 0.1) is 12.3 Å². The highest BCUT2D eigenvalue weighted by atomic mass is 32.2. The van der Waals surface area contributed by atoms with Crippen LogP contribution in [-0.4, -0.2) is 26.4 Å². The second kappa shape index (κ2) is 8.20. The van der Waals surface area contributed by atoms with E-state index in [0.29, 0.717) is 16.8 Å². The molecule has 0 radical (unpaired) electrons. The number of carbonyl (C=O) groups excluding carboxylic acids is 2. The summed E-state index contributed by atoms with van der Waals surface area (Å²) in [6, 6.07) is 10.8. The number of anilines is 1. The van der Waals surface area contributed by atoms with Crippen molar-refractivity contribution in [1.29, 1.82) is 0 Å². The molecule has 26 heavy (non-hydrogen) atoms. The molecule has 0 aliphatic rings. The van der Waals surface area contributed by atoms with Gasteiger partial charge in [-0.15, -0.1) is 0 Å². The SMILES string of the molecule is CC(=O)c1cccc(NC(=O)CC(NS(C)(=O)=O)c2ccc(F)cc2)c1. The van der Waals surface area contributed by atoms with Crippen LogP contribution in [0.5, 0.6) is 0 Å². The quantitative estimate of drug-likeness (QED) is 0.725. The number of amides is 1. The zero-order valence-electron chi connectivity index (χ0n) is 14.3. The lowest BCUT2D eigenvalue weighted by molar-refractivity contribution is -0.116. The number of Topliss-reactive ketones (excluding diaryl/α,β-unsaturated/α-hetero) is 1. The summed E-state index contributed by atoms with van der Waals surface area (Å²) in [5.41, 5.74) is 1.34. The van der Waals surface area contributed by atoms with Gasteiger partial charge in [-0.25, -0.2) is 17.5 Å². The van der Waals surface area contributed by atoms with Crippen LogP contribution in [0.2, 0.25) is 0 Å². The van der Waals surface area contributed by atoms with E-state index in [4.69, 9.17) is 0 Å². The van der Waals surface area contributed by atoms with E-state index >= 15 is 0 Å². The number of hydrogen-bond acceptors (Lipinski definition) is 4. The van der Waals surface area contributed by atoms with Crippen molar-refractivity contribution in [3.8, 4) is 0 Å². The Balaban J connectivity index is 2.16. The zero-order valence-corrected chi connectivity index (χ0v) is 15.1. The number of hydrogen-bond donors (Lipinski definition) is 2. The van der Waals surface area contributed by atoms with E-state index in [9.17, 15) is 22.4 Å². The lowest BCUT2D eigenvalue weighted by Gasteiger charge is -2.18. The molecule has 2 N–H and O–H groups in total. The van der Waals surface area contributed by atoms with Crippen LogP contribution in [-0.2, 0) is 14.8 Å². The molecule has 1 unspecified atom stereocenters. The van der Waals surface area contributed by atoms with Crippen molar-refractivity contribution in [3.05, 3.63) is 65.5 Å². The number of halogens is 1. The first-order chi connectivity index (χ1) is 12.1. The predicted octanol–water partition coefficient (Wildman–Crippen LogP) is 2.65. The maximum atomic E-state index is 13.1. The van der Waals surface area contributed by atoms with E-state index < -0.39 is 27.8 Å². The molecule has 8 heteroatoms. The molecule has 6 nitrogen and oxygen atoms in total. The molecule has 1 amide bonds. The Morgan fingerprint density at radius 1 is 1.12 bits per heavy atom. The summed E-state index contributed by atoms with van der Waals surface area (Å²) in [6.45, 7) is 1.42. The van der Waals surface area contributed by atoms with Gasteiger partial charge in [0.1, 0.15) is 5.82 Å². The summed E-state index contributed by atoms with van der Waals surface area (Å²) >= 11 is 0. The first-order valence-electron chi connectivity index (χ1n) is 7.77. The molecule has 0 aromatic heterocycles. The molecule has 0 saturated heterocycles. The largest absolute Gasteiger partial charge is 0.326 e. The lowest BCUT2D eigenvalue weighted by Crippen LogP contribution is -2.30. The third kappa shape index (κ3) is 6.05. The third-order valence-corrected chi connectivity index (χ3v) is 4.28. The van der Waals surface area contributed by atoms with Gasteiger partial charge in [-0.05, 0) is 36.8 Å². The van der Waals surface area contributed by atoms with Gasteiger partial charge in [0, 0.05) is 17.7 Å². The van der Waals surface area contributed by atoms with Crippen LogP contribution < -0.4 is 10.0 Å². The van der Waals surface area contributed by atoms with E-state index in [2.05, 4.69) is 10.0 Å². The first-order valence-corrected chi connectivity index (χ1v) is 9.67. The monoisotopic (exact) mass is 378 g/mol. The van der Waals surface area contributed by atoms with Crippen molar-refractivity contribution >= 4 is 27.4 Å². The third-order valence-electron chi connectivity index (χ3n) is 3.57. The van der Waals surface area contributed by atoms with Crippen LogP contribution in [0.15, 0.2) is 48.5 Å². The summed E-state index contributed by atoms with van der Waals surface area (Å²) in [6.07, 6.45) is 0.792. The van der Waals surface area contributed by atoms with Gasteiger partial charge >= 0.3 is 0 Å². The van der Waals surface area contributed by atoms with E-state index in [-0.39, 0.29) is 12.2 Å². The normalized spacial score (nSPS) is 12.4. The van der Waals surface area contributed by atoms with Crippen molar-refractivity contribution in [2.75, 3.05) is 11.6 Å². The highest BCUT2D eigenvalue weighted by Crippen LogP contribution is 2.20. The topological polar surface area (TPSA) is 92.3 Å². The highest BCUT2D eigenvalue weighted by molar-refractivity contribution is 7.88. The minimum atomic E-state index is -3.59. The number of benzene rings is 2. The van der Waals surface area contributed by atoms with Crippen molar-refractivity contribution in [2.24, 2.45) is 0 Å². The van der Waals surface area contributed by atoms with Crippen LogP contribution >= 0.6 is 0 Å². The molecule has 0 saturated carbocycles. The minimum Gasteiger partial charge on any atom is -0.326 e. The molecule has 2 aromatic carbocycles. The van der Waals surface area contributed by atoms with Crippen molar-refractivity contribution in [1.82, 2.24) is 4.72 Å². The maximum absolute atomic E-state index is 13.1. The summed E-state index contributed by atoms with van der Waals surface area (Å²) in [5.74, 6) is -1.04. The van der Waals surface area contributed by atoms with Crippen LogP contribution in [0, 0.1) is 5.82 Å². The second-order valence-corrected chi connectivity index (χ2v) is 7.66. The lowest BCUT2D eigenvalue weighted by atomic mass is 10.0. The Kier molecular flexibility index (Phi) is 6.23. The molecule has 2 aromatic rings. The number of carbonyl (C=O) groups is 2. The maximum Gasteiger partial charge on any atom is 0.226 e. The Hall–Kier alpha value is -2.58. The molecule has 0 heterocycles. The first kappa shape index (κ1) is 19.7. The molecule has 0 spiro atoms. The molecule has 138 valence electrons. The number of nitrogens with one attached hydrogen (secondary N) is 2. The van der Waals surface area contributed by atoms with E-state index in [1.807, 2.05) is 0 Å². The van der Waals surface area contributed by atoms with Crippen LogP contribution in [0.3, 0.4) is 0 Å². The number of sulfonamides is 1. The van der Waals surface area contributed by atoms with Crippen LogP contribution in [0.1, 0.15) is 35.3 Å². The Bertz CT molecular complexity index is 911. The van der Waals surface area contributed by atoms with E-state index in [1.165, 1.54) is 37.3 Å². The molecule has 0 aliphatic carbocycles. The summed E-state index contributed by atoms with van der Waals surface area (Å²) in [7, 11) is -3.59. The standard InChI is InChI=1S/C18H19FN2O4S/c1-12(22)14-4-3-5-16(10-14)20-18(23)11-17(21-26(2,24)25)13-6-8-15(19)9-7-13/h3-10,17,21H,11H2,1-2H3,(H,20,23). The van der Waals surface area contributed by atoms with Gasteiger partial charge in [-0.2, -0.15) is 0 Å². The fourth-order valence-electron chi connectivity index (χ4n) is 2.39. The van der Waals surface area contributed by atoms with Crippen molar-refractivity contribution < 1.29 is 22.4 Å². The highest BCUT2D eigenvalue weighted by Gasteiger charge is 2.20. The zero-order chi connectivity index (χ0) is 19.3. The number of ketones is 1. The fourth-order valence-corrected chi connectivity index (χ4v) is 3.13. The van der Waals surface area contributed by atoms with Crippen molar-refractivity contribution in [2.45, 2.75) is 19.4 Å². The van der Waals surface area contributed by atoms with Gasteiger partial charge in [-0.3, -0.25) is 9.59 Å². The molecular weight excluding hydrogens is 359 g/mol. The molecule has 0 fully saturated rings. The fraction of sp³-hybridized carbons (Fsp3) is 0.222. The van der Waals surface area contributed by atoms with Gasteiger partial charge < -0.3 is 5.32 Å². The van der Waals surface area contributed by atoms with Gasteiger partial charge in [0.25, 0.3) is 0 Å².